The van der Waals surface area contributed by atoms with Gasteiger partial charge in [-0.2, -0.15) is 4.98 Å². The molecule has 0 bridgehead atoms. The van der Waals surface area contributed by atoms with Crippen molar-refractivity contribution in [2.75, 3.05) is 5.73 Å². The van der Waals surface area contributed by atoms with Gasteiger partial charge in [-0.15, -0.1) is 0 Å². The fraction of sp³-hybridized carbons (Fsp3) is 0.273. The summed E-state index contributed by atoms with van der Waals surface area (Å²) in [4.78, 5) is 3.89. The fourth-order valence-corrected chi connectivity index (χ4v) is 2.81. The van der Waals surface area contributed by atoms with Gasteiger partial charge in [-0.1, -0.05) is 16.8 Å². The molecule has 0 atom stereocenters. The number of nitrogens with one attached hydrogen (secondary N) is 1. The van der Waals surface area contributed by atoms with E-state index >= 15 is 0 Å². The first-order valence-electron chi connectivity index (χ1n) is 5.64. The summed E-state index contributed by atoms with van der Waals surface area (Å²) in [5.74, 6) is 0.610. The van der Waals surface area contributed by atoms with Gasteiger partial charge in [0, 0.05) is 10.7 Å². The zero-order valence-electron chi connectivity index (χ0n) is 10.8. The molecule has 0 saturated carbocycles. The van der Waals surface area contributed by atoms with Gasteiger partial charge in [0.15, 0.2) is 5.82 Å². The first-order valence-corrected chi connectivity index (χ1v) is 7.50. The van der Waals surface area contributed by atoms with Crippen LogP contribution in [0.5, 0.6) is 0 Å². The summed E-state index contributed by atoms with van der Waals surface area (Å²) in [6, 6.07) is 2.69. The zero-order valence-corrected chi connectivity index (χ0v) is 12.4. The van der Waals surface area contributed by atoms with Crippen molar-refractivity contribution in [1.29, 1.82) is 0 Å². The molecule has 0 radical (unpaired) electrons. The Bertz CT molecular complexity index is 719. The molecule has 0 saturated heterocycles. The molecule has 1 aromatic heterocycles. The second kappa shape index (κ2) is 5.39. The molecule has 7 nitrogen and oxygen atoms in total. The number of nitrogens with two attached hydrogens (primary N) is 1. The average Bonchev–Trinajstić information content (AvgIpc) is 2.79. The molecule has 0 fully saturated rings. The molecule has 108 valence electrons. The standard InChI is InChI=1S/C11H13ClN4O3S/c1-6-9(12)3-8(4-10(6)13)20(17,18)14-5-11-15-7(2)16-19-11/h3-4,14H,5,13H2,1-2H3. The van der Waals surface area contributed by atoms with E-state index < -0.39 is 10.0 Å². The Balaban J connectivity index is 2.22. The topological polar surface area (TPSA) is 111 Å². The van der Waals surface area contributed by atoms with Gasteiger partial charge < -0.3 is 10.3 Å². The van der Waals surface area contributed by atoms with Gasteiger partial charge in [0.25, 0.3) is 0 Å². The van der Waals surface area contributed by atoms with Crippen LogP contribution in [-0.4, -0.2) is 18.6 Å². The van der Waals surface area contributed by atoms with Crippen molar-refractivity contribution in [3.05, 3.63) is 34.4 Å². The van der Waals surface area contributed by atoms with E-state index in [1.54, 1.807) is 13.8 Å². The predicted molar refractivity (Wildman–Crippen MR) is 73.7 cm³/mol. The summed E-state index contributed by atoms with van der Waals surface area (Å²) in [5, 5.41) is 3.86. The van der Waals surface area contributed by atoms with Crippen molar-refractivity contribution in [3.8, 4) is 0 Å². The molecule has 9 heteroatoms. The van der Waals surface area contributed by atoms with Crippen molar-refractivity contribution < 1.29 is 12.9 Å². The number of aromatic nitrogens is 2. The summed E-state index contributed by atoms with van der Waals surface area (Å²) >= 11 is 5.93. The summed E-state index contributed by atoms with van der Waals surface area (Å²) < 4.78 is 31.4. The SMILES string of the molecule is Cc1noc(CNS(=O)(=O)c2cc(N)c(C)c(Cl)c2)n1. The highest BCUT2D eigenvalue weighted by atomic mass is 35.5. The molecule has 1 aromatic carbocycles. The van der Waals surface area contributed by atoms with Crippen molar-refractivity contribution in [3.63, 3.8) is 0 Å². The number of benzene rings is 1. The highest BCUT2D eigenvalue weighted by molar-refractivity contribution is 7.89. The number of anilines is 1. The number of nitrogen functional groups attached to an aromatic ring is 1. The first kappa shape index (κ1) is 14.8. The quantitative estimate of drug-likeness (QED) is 0.825. The smallest absolute Gasteiger partial charge is 0.241 e. The number of aryl methyl sites for hydroxylation is 1. The monoisotopic (exact) mass is 316 g/mol. The first-order chi connectivity index (χ1) is 9.29. The van der Waals surface area contributed by atoms with Crippen LogP contribution in [0.1, 0.15) is 17.3 Å². The minimum absolute atomic E-state index is 0.0122. The van der Waals surface area contributed by atoms with E-state index in [1.807, 2.05) is 0 Å². The maximum absolute atomic E-state index is 12.1. The molecular weight excluding hydrogens is 304 g/mol. The number of rotatable bonds is 4. The van der Waals surface area contributed by atoms with Gasteiger partial charge in [0.1, 0.15) is 0 Å². The predicted octanol–water partition coefficient (Wildman–Crippen LogP) is 1.40. The zero-order chi connectivity index (χ0) is 14.9. The Morgan fingerprint density at radius 3 is 2.65 bits per heavy atom. The van der Waals surface area contributed by atoms with Gasteiger partial charge in [0.05, 0.1) is 11.4 Å². The molecule has 0 unspecified atom stereocenters. The van der Waals surface area contributed by atoms with Crippen LogP contribution in [0.15, 0.2) is 21.6 Å². The van der Waals surface area contributed by atoms with Crippen LogP contribution in [0.3, 0.4) is 0 Å². The highest BCUT2D eigenvalue weighted by Gasteiger charge is 2.18. The highest BCUT2D eigenvalue weighted by Crippen LogP contribution is 2.25. The van der Waals surface area contributed by atoms with E-state index in [0.29, 0.717) is 22.1 Å². The van der Waals surface area contributed by atoms with Gasteiger partial charge in [-0.25, -0.2) is 13.1 Å². The maximum atomic E-state index is 12.1. The third-order valence-electron chi connectivity index (χ3n) is 2.65. The summed E-state index contributed by atoms with van der Waals surface area (Å²) in [7, 11) is -3.75. The fourth-order valence-electron chi connectivity index (χ4n) is 1.48. The van der Waals surface area contributed by atoms with Crippen molar-refractivity contribution in [2.24, 2.45) is 0 Å². The molecule has 2 rings (SSSR count). The largest absolute Gasteiger partial charge is 0.398 e. The summed E-state index contributed by atoms with van der Waals surface area (Å²) in [6.45, 7) is 3.25. The van der Waals surface area contributed by atoms with Crippen molar-refractivity contribution in [2.45, 2.75) is 25.3 Å². The number of halogens is 1. The van der Waals surface area contributed by atoms with E-state index in [9.17, 15) is 8.42 Å². The minimum atomic E-state index is -3.75. The molecule has 2 aromatic rings. The van der Waals surface area contributed by atoms with E-state index in [1.165, 1.54) is 12.1 Å². The van der Waals surface area contributed by atoms with Crippen LogP contribution in [-0.2, 0) is 16.6 Å². The van der Waals surface area contributed by atoms with Crippen LogP contribution in [0.2, 0.25) is 5.02 Å². The third kappa shape index (κ3) is 3.09. The lowest BCUT2D eigenvalue weighted by Gasteiger charge is -2.08. The van der Waals surface area contributed by atoms with Crippen molar-refractivity contribution in [1.82, 2.24) is 14.9 Å². The van der Waals surface area contributed by atoms with E-state index in [2.05, 4.69) is 14.9 Å². The maximum Gasteiger partial charge on any atom is 0.241 e. The Morgan fingerprint density at radius 2 is 2.10 bits per heavy atom. The second-order valence-electron chi connectivity index (χ2n) is 4.18. The average molecular weight is 317 g/mol. The Morgan fingerprint density at radius 1 is 1.40 bits per heavy atom. The third-order valence-corrected chi connectivity index (χ3v) is 4.42. The molecule has 0 aliphatic heterocycles. The number of hydrogen-bond acceptors (Lipinski definition) is 6. The molecular formula is C11H13ClN4O3S. The van der Waals surface area contributed by atoms with Crippen LogP contribution in [0, 0.1) is 13.8 Å². The van der Waals surface area contributed by atoms with Gasteiger partial charge in [-0.3, -0.25) is 0 Å². The Kier molecular flexibility index (Phi) is 3.98. The molecule has 1 heterocycles. The summed E-state index contributed by atoms with van der Waals surface area (Å²) in [6.07, 6.45) is 0. The van der Waals surface area contributed by atoms with E-state index in [-0.39, 0.29) is 17.3 Å². The molecule has 0 aliphatic rings. The Labute approximate surface area is 121 Å². The van der Waals surface area contributed by atoms with Crippen molar-refractivity contribution >= 4 is 27.3 Å². The second-order valence-corrected chi connectivity index (χ2v) is 6.35. The van der Waals surface area contributed by atoms with Gasteiger partial charge in [0.2, 0.25) is 15.9 Å². The number of sulfonamides is 1. The molecule has 3 N–H and O–H groups in total. The number of nitrogens with zero attached hydrogens (tertiary/aromatic N) is 2. The lowest BCUT2D eigenvalue weighted by atomic mass is 10.2. The molecule has 0 amide bonds. The molecule has 20 heavy (non-hydrogen) atoms. The van der Waals surface area contributed by atoms with Crippen LogP contribution in [0.25, 0.3) is 0 Å². The van der Waals surface area contributed by atoms with Crippen LogP contribution >= 0.6 is 11.6 Å². The van der Waals surface area contributed by atoms with E-state index in [0.717, 1.165) is 0 Å². The van der Waals surface area contributed by atoms with Gasteiger partial charge >= 0.3 is 0 Å². The number of hydrogen-bond donors (Lipinski definition) is 2. The normalized spacial score (nSPS) is 11.8. The molecule has 0 spiro atoms. The Hall–Kier alpha value is -1.64. The lowest BCUT2D eigenvalue weighted by Crippen LogP contribution is -2.23. The summed E-state index contributed by atoms with van der Waals surface area (Å²) in [5.41, 5.74) is 6.66. The lowest BCUT2D eigenvalue weighted by molar-refractivity contribution is 0.372. The van der Waals surface area contributed by atoms with Gasteiger partial charge in [-0.05, 0) is 31.5 Å². The minimum Gasteiger partial charge on any atom is -0.398 e. The molecule has 0 aliphatic carbocycles. The van der Waals surface area contributed by atoms with E-state index in [4.69, 9.17) is 21.9 Å². The van der Waals surface area contributed by atoms with Crippen LogP contribution < -0.4 is 10.5 Å². The van der Waals surface area contributed by atoms with Crippen LogP contribution in [0.4, 0.5) is 5.69 Å².